The maximum absolute atomic E-state index is 12.4. The highest BCUT2D eigenvalue weighted by Gasteiger charge is 2.25. The Morgan fingerprint density at radius 2 is 0.950 bits per heavy atom. The number of hydrogen-bond acceptors (Lipinski definition) is 11. The zero-order valence-corrected chi connectivity index (χ0v) is 35.1. The van der Waals surface area contributed by atoms with Crippen LogP contribution in [0.1, 0.15) is 125 Å². The van der Waals surface area contributed by atoms with Crippen molar-refractivity contribution in [2.24, 2.45) is 0 Å². The molecule has 0 aliphatic carbocycles. The summed E-state index contributed by atoms with van der Waals surface area (Å²) in [6.45, 7) is 9.00. The van der Waals surface area contributed by atoms with E-state index in [0.717, 1.165) is 73.6 Å². The lowest BCUT2D eigenvalue weighted by molar-refractivity contribution is -0.981. The van der Waals surface area contributed by atoms with Gasteiger partial charge in [-0.25, -0.2) is 9.59 Å². The van der Waals surface area contributed by atoms with Gasteiger partial charge in [0.25, 0.3) is 0 Å². The van der Waals surface area contributed by atoms with Crippen molar-refractivity contribution in [2.45, 2.75) is 116 Å². The van der Waals surface area contributed by atoms with Gasteiger partial charge >= 0.3 is 16.3 Å². The van der Waals surface area contributed by atoms with Crippen LogP contribution in [0.15, 0.2) is 104 Å². The molecule has 6 rings (SSSR count). The summed E-state index contributed by atoms with van der Waals surface area (Å²) in [4.78, 5) is 55.5. The number of pyridine rings is 2. The summed E-state index contributed by atoms with van der Waals surface area (Å²) in [5.74, 6) is 0.187. The molecule has 2 aromatic carbocycles. The van der Waals surface area contributed by atoms with Gasteiger partial charge in [-0.1, -0.05) is 53.4 Å². The second-order valence-electron chi connectivity index (χ2n) is 17.0. The van der Waals surface area contributed by atoms with Crippen LogP contribution in [0.3, 0.4) is 0 Å². The van der Waals surface area contributed by atoms with Crippen LogP contribution in [0.4, 0.5) is 0 Å². The maximum atomic E-state index is 12.4. The van der Waals surface area contributed by atoms with E-state index in [1.54, 1.807) is 36.9 Å². The van der Waals surface area contributed by atoms with Gasteiger partial charge in [-0.15, -0.1) is 0 Å². The second-order valence-corrected chi connectivity index (χ2v) is 17.0. The molecule has 60 heavy (non-hydrogen) atoms. The molecule has 0 fully saturated rings. The summed E-state index contributed by atoms with van der Waals surface area (Å²) >= 11 is 0. The Balaban J connectivity index is 0.854. The lowest BCUT2D eigenvalue weighted by Crippen LogP contribution is -2.17. The average Bonchev–Trinajstić information content (AvgIpc) is 3.20. The first-order valence-corrected chi connectivity index (χ1v) is 20.9. The van der Waals surface area contributed by atoms with Crippen LogP contribution in [0.5, 0.6) is 11.5 Å². The molecule has 0 amide bonds. The predicted molar refractivity (Wildman–Crippen MR) is 230 cm³/mol. The van der Waals surface area contributed by atoms with Gasteiger partial charge in [0.1, 0.15) is 27.6 Å². The first-order chi connectivity index (χ1) is 28.8. The van der Waals surface area contributed by atoms with Gasteiger partial charge in [0.2, 0.25) is 0 Å². The normalized spacial score (nSPS) is 11.9. The van der Waals surface area contributed by atoms with E-state index in [1.165, 1.54) is 12.1 Å². The molecule has 0 aliphatic heterocycles. The van der Waals surface area contributed by atoms with Crippen molar-refractivity contribution in [3.05, 3.63) is 145 Å². The molecule has 0 spiro atoms. The van der Waals surface area contributed by atoms with Gasteiger partial charge in [-0.05, 0) is 144 Å². The third-order valence-electron chi connectivity index (χ3n) is 11.4. The van der Waals surface area contributed by atoms with Crippen molar-refractivity contribution in [2.75, 3.05) is 13.2 Å². The molecule has 0 aliphatic rings. The quantitative estimate of drug-likeness (QED) is 0.0380. The molecule has 2 N–H and O–H groups in total. The van der Waals surface area contributed by atoms with Crippen molar-refractivity contribution in [3.63, 3.8) is 0 Å². The number of fused-ring (bicyclic) bond motifs is 2. The fourth-order valence-corrected chi connectivity index (χ4v) is 7.86. The minimum Gasteiger partial charge on any atom is -0.507 e. The maximum Gasteiger partial charge on any atom is 0.477 e. The average molecular weight is 819 g/mol. The molecule has 0 saturated carbocycles. The van der Waals surface area contributed by atoms with E-state index < -0.39 is 11.3 Å². The lowest BCUT2D eigenvalue weighted by Gasteiger charge is -2.26. The largest absolute Gasteiger partial charge is 0.507 e. The summed E-state index contributed by atoms with van der Waals surface area (Å²) < 4.78 is 11.1. The number of nitrogens with zero attached hydrogens (tertiary/aromatic N) is 3. The number of unbranched alkanes of at least 4 members (excludes halogenated alkanes) is 6. The molecule has 0 saturated heterocycles. The molecule has 0 bridgehead atoms. The minimum absolute atomic E-state index is 0.0936. The smallest absolute Gasteiger partial charge is 0.477 e. The molecule has 0 radical (unpaired) electrons. The van der Waals surface area contributed by atoms with Gasteiger partial charge in [-0.2, -0.15) is 9.68 Å². The van der Waals surface area contributed by atoms with E-state index in [0.29, 0.717) is 58.7 Å². The molecule has 12 nitrogen and oxygen atoms in total. The molecule has 0 unspecified atom stereocenters. The van der Waals surface area contributed by atoms with E-state index in [1.807, 2.05) is 36.4 Å². The van der Waals surface area contributed by atoms with Crippen LogP contribution in [-0.2, 0) is 33.3 Å². The van der Waals surface area contributed by atoms with Gasteiger partial charge < -0.3 is 19.0 Å². The first kappa shape index (κ1) is 43.5. The molecule has 4 heterocycles. The van der Waals surface area contributed by atoms with Gasteiger partial charge in [-0.3, -0.25) is 9.97 Å². The van der Waals surface area contributed by atoms with Crippen LogP contribution in [0, 0.1) is 4.91 Å². The third-order valence-corrected chi connectivity index (χ3v) is 11.4. The summed E-state index contributed by atoms with van der Waals surface area (Å²) in [6.07, 6.45) is 16.4. The van der Waals surface area contributed by atoms with Crippen molar-refractivity contribution in [3.8, 4) is 11.5 Å². The van der Waals surface area contributed by atoms with Crippen LogP contribution in [0.25, 0.3) is 21.9 Å². The molecule has 6 aromatic rings. The lowest BCUT2D eigenvalue weighted by atomic mass is 9.79. The van der Waals surface area contributed by atoms with E-state index in [9.17, 15) is 24.7 Å². The van der Waals surface area contributed by atoms with Crippen LogP contribution in [-0.4, -0.2) is 38.5 Å². The van der Waals surface area contributed by atoms with E-state index in [-0.39, 0.29) is 40.6 Å². The van der Waals surface area contributed by atoms with Crippen molar-refractivity contribution >= 4 is 21.9 Å². The van der Waals surface area contributed by atoms with Crippen molar-refractivity contribution in [1.82, 2.24) is 9.97 Å². The van der Waals surface area contributed by atoms with Gasteiger partial charge in [0.15, 0.2) is 13.2 Å². The summed E-state index contributed by atoms with van der Waals surface area (Å²) in [7, 11) is 0. The zero-order chi connectivity index (χ0) is 42.7. The monoisotopic (exact) mass is 818 g/mol. The number of aromatic hydroxyl groups is 2. The number of rotatable bonds is 22. The Hall–Kier alpha value is -6.04. The van der Waals surface area contributed by atoms with E-state index in [4.69, 9.17) is 18.5 Å². The predicted octanol–water partition coefficient (Wildman–Crippen LogP) is 10.1. The van der Waals surface area contributed by atoms with Gasteiger partial charge in [0.05, 0.1) is 10.8 Å². The number of phenols is 2. The number of phenolic OH excluding ortho intramolecular Hbond substituents is 2. The molecular weight excluding hydrogens is 763 g/mol. The standard InChI is InChI=1S/C48H55N3O9/c1-47(2,37-29-39(52)45-35(25-33-13-19-49-20-14-33)27-43(54)59-41(45)31-37)17-9-5-7-11-23-57-51(56)58-24-12-8-6-10-18-48(3,4)38-30-40(53)46-36(26-34-15-21-50-22-16-34)28-44(55)60-42(46)32-38/h13-16,19-22,27-32H,5-12,17-18,23-26H2,1-4H3,(H-,52,53,54,55)/p+1. The highest BCUT2D eigenvalue weighted by atomic mass is 17.0. The topological polar surface area (TPSA) is 165 Å². The number of hydrogen-bond donors (Lipinski definition) is 2. The molecule has 4 aromatic heterocycles. The fourth-order valence-electron chi connectivity index (χ4n) is 7.86. The Morgan fingerprint density at radius 1 is 0.567 bits per heavy atom. The molecule has 0 atom stereocenters. The Kier molecular flexibility index (Phi) is 14.4. The van der Waals surface area contributed by atoms with Crippen LogP contribution >= 0.6 is 0 Å². The third kappa shape index (κ3) is 11.6. The highest BCUT2D eigenvalue weighted by Crippen LogP contribution is 2.39. The van der Waals surface area contributed by atoms with E-state index >= 15 is 0 Å². The molecule has 12 heteroatoms. The summed E-state index contributed by atoms with van der Waals surface area (Å²) in [5.41, 5.74) is 4.48. The van der Waals surface area contributed by atoms with Crippen molar-refractivity contribution < 1.29 is 33.8 Å². The summed E-state index contributed by atoms with van der Waals surface area (Å²) in [6, 6.07) is 17.7. The highest BCUT2D eigenvalue weighted by molar-refractivity contribution is 5.88. The second kappa shape index (κ2) is 19.8. The number of aromatic nitrogens is 2. The van der Waals surface area contributed by atoms with Gasteiger partial charge in [0, 0.05) is 36.9 Å². The zero-order valence-electron chi connectivity index (χ0n) is 35.1. The minimum atomic E-state index is -0.453. The molecular formula is C48H56N3O9+. The summed E-state index contributed by atoms with van der Waals surface area (Å²) in [5, 5.41) is 23.5. The van der Waals surface area contributed by atoms with Crippen LogP contribution in [0.2, 0.25) is 0 Å². The Morgan fingerprint density at radius 3 is 1.35 bits per heavy atom. The van der Waals surface area contributed by atoms with Crippen molar-refractivity contribution in [1.29, 1.82) is 0 Å². The Bertz CT molecular complexity index is 2320. The Labute approximate surface area is 349 Å². The van der Waals surface area contributed by atoms with E-state index in [2.05, 4.69) is 37.7 Å². The fraction of sp³-hybridized carbons (Fsp3) is 0.417. The SMILES string of the molecule is CC(C)(CCCCCCO[N+](=O)OCCCCCCC(C)(C)c1cc(O)c2c(Cc3ccncc3)cc(=O)oc2c1)c1cc(O)c2c(Cc3ccncc3)cc(=O)oc2c1. The number of benzene rings is 2. The first-order valence-electron chi connectivity index (χ1n) is 20.9. The molecule has 316 valence electrons. The van der Waals surface area contributed by atoms with Crippen LogP contribution < -0.4 is 11.3 Å².